The van der Waals surface area contributed by atoms with Crippen molar-refractivity contribution in [1.82, 2.24) is 9.78 Å². The first kappa shape index (κ1) is 21.2. The Labute approximate surface area is 171 Å². The number of halogens is 3. The number of carbonyl (C=O) groups is 1. The zero-order valence-corrected chi connectivity index (χ0v) is 16.4. The third-order valence-corrected chi connectivity index (χ3v) is 4.41. The minimum Gasteiger partial charge on any atom is -0.435 e. The van der Waals surface area contributed by atoms with E-state index in [9.17, 15) is 18.0 Å². The highest BCUT2D eigenvalue weighted by molar-refractivity contribution is 6.02. The number of hydrogen-bond acceptors (Lipinski definition) is 3. The third-order valence-electron chi connectivity index (χ3n) is 4.41. The third kappa shape index (κ3) is 5.50. The molecule has 2 aromatic carbocycles. The molecule has 0 aliphatic heterocycles. The van der Waals surface area contributed by atoms with E-state index in [1.54, 1.807) is 41.9 Å². The Balaban J connectivity index is 1.65. The summed E-state index contributed by atoms with van der Waals surface area (Å²) >= 11 is 0. The number of benzene rings is 2. The van der Waals surface area contributed by atoms with E-state index in [0.717, 1.165) is 11.3 Å². The Morgan fingerprint density at radius 1 is 1.13 bits per heavy atom. The van der Waals surface area contributed by atoms with Gasteiger partial charge >= 0.3 is 6.61 Å². The van der Waals surface area contributed by atoms with Crippen LogP contribution in [-0.4, -0.2) is 22.3 Å². The Morgan fingerprint density at radius 3 is 2.43 bits per heavy atom. The number of anilines is 1. The van der Waals surface area contributed by atoms with Gasteiger partial charge in [-0.2, -0.15) is 13.9 Å². The summed E-state index contributed by atoms with van der Waals surface area (Å²) < 4.78 is 43.4. The second-order valence-electron chi connectivity index (χ2n) is 6.60. The van der Waals surface area contributed by atoms with E-state index in [2.05, 4.69) is 15.2 Å². The smallest absolute Gasteiger partial charge is 0.387 e. The standard InChI is InChI=1S/C22H20F3N3O2/c1-14-21(15(2)28(27-14)13-17-3-8-18(23)9-4-17)26-20(29)12-7-16-5-10-19(11-6-16)30-22(24)25/h3-12,22H,13H2,1-2H3,(H,26,29)/b12-7-. The average molecular weight is 415 g/mol. The quantitative estimate of drug-likeness (QED) is 0.556. The van der Waals surface area contributed by atoms with E-state index in [1.807, 2.05) is 6.92 Å². The van der Waals surface area contributed by atoms with Crippen LogP contribution in [0.5, 0.6) is 5.75 Å². The van der Waals surface area contributed by atoms with Gasteiger partial charge in [-0.3, -0.25) is 9.48 Å². The average Bonchev–Trinajstić information content (AvgIpc) is 2.96. The van der Waals surface area contributed by atoms with Crippen molar-refractivity contribution < 1.29 is 22.7 Å². The molecule has 0 atom stereocenters. The molecule has 0 saturated heterocycles. The highest BCUT2D eigenvalue weighted by atomic mass is 19.3. The van der Waals surface area contributed by atoms with Gasteiger partial charge in [-0.1, -0.05) is 24.3 Å². The summed E-state index contributed by atoms with van der Waals surface area (Å²) in [6.07, 6.45) is 2.91. The topological polar surface area (TPSA) is 56.2 Å². The minimum absolute atomic E-state index is 0.0476. The maximum Gasteiger partial charge on any atom is 0.387 e. The van der Waals surface area contributed by atoms with Crippen LogP contribution in [0.15, 0.2) is 54.6 Å². The molecule has 0 unspecified atom stereocenters. The lowest BCUT2D eigenvalue weighted by Crippen LogP contribution is -2.10. The molecule has 1 heterocycles. The Bertz CT molecular complexity index is 1040. The first-order chi connectivity index (χ1) is 14.3. The number of aryl methyl sites for hydroxylation is 1. The molecule has 0 saturated carbocycles. The van der Waals surface area contributed by atoms with Crippen LogP contribution in [0.25, 0.3) is 6.08 Å². The molecule has 0 fully saturated rings. The largest absolute Gasteiger partial charge is 0.435 e. The molecule has 0 aliphatic rings. The molecule has 5 nitrogen and oxygen atoms in total. The SMILES string of the molecule is Cc1nn(Cc2ccc(F)cc2)c(C)c1NC(=O)/C=C\c1ccc(OC(F)F)cc1. The number of nitrogens with zero attached hydrogens (tertiary/aromatic N) is 2. The normalized spacial score (nSPS) is 11.3. The molecule has 3 aromatic rings. The fourth-order valence-electron chi connectivity index (χ4n) is 2.89. The Kier molecular flexibility index (Phi) is 6.56. The maximum atomic E-state index is 13.1. The lowest BCUT2D eigenvalue weighted by molar-refractivity contribution is -0.111. The Hall–Kier alpha value is -3.55. The summed E-state index contributed by atoms with van der Waals surface area (Å²) in [5.74, 6) is -0.607. The van der Waals surface area contributed by atoms with Crippen LogP contribution in [-0.2, 0) is 11.3 Å². The van der Waals surface area contributed by atoms with Crippen molar-refractivity contribution in [2.24, 2.45) is 0 Å². The molecule has 1 N–H and O–H groups in total. The van der Waals surface area contributed by atoms with Gasteiger partial charge in [0.1, 0.15) is 11.6 Å². The molecule has 0 radical (unpaired) electrons. The van der Waals surface area contributed by atoms with E-state index in [0.29, 0.717) is 23.5 Å². The van der Waals surface area contributed by atoms with Crippen molar-refractivity contribution in [2.75, 3.05) is 5.32 Å². The number of rotatable bonds is 7. The summed E-state index contributed by atoms with van der Waals surface area (Å²) in [6.45, 7) is 1.19. The van der Waals surface area contributed by atoms with Gasteiger partial charge in [-0.25, -0.2) is 4.39 Å². The molecular formula is C22H20F3N3O2. The number of ether oxygens (including phenoxy) is 1. The zero-order chi connectivity index (χ0) is 21.7. The summed E-state index contributed by atoms with van der Waals surface area (Å²) in [4.78, 5) is 12.3. The molecule has 30 heavy (non-hydrogen) atoms. The van der Waals surface area contributed by atoms with E-state index in [-0.39, 0.29) is 17.5 Å². The lowest BCUT2D eigenvalue weighted by Gasteiger charge is -2.06. The van der Waals surface area contributed by atoms with Crippen molar-refractivity contribution in [1.29, 1.82) is 0 Å². The molecule has 156 valence electrons. The molecule has 3 rings (SSSR count). The molecule has 0 spiro atoms. The van der Waals surface area contributed by atoms with Crippen LogP contribution in [0.4, 0.5) is 18.9 Å². The van der Waals surface area contributed by atoms with Gasteiger partial charge in [0.15, 0.2) is 0 Å². The van der Waals surface area contributed by atoms with Gasteiger partial charge in [-0.05, 0) is 55.3 Å². The fraction of sp³-hybridized carbons (Fsp3) is 0.182. The van der Waals surface area contributed by atoms with Gasteiger partial charge in [0.2, 0.25) is 5.91 Å². The van der Waals surface area contributed by atoms with Crippen molar-refractivity contribution in [3.63, 3.8) is 0 Å². The van der Waals surface area contributed by atoms with E-state index < -0.39 is 6.61 Å². The summed E-state index contributed by atoms with van der Waals surface area (Å²) in [5, 5.41) is 7.25. The highest BCUT2D eigenvalue weighted by Gasteiger charge is 2.13. The minimum atomic E-state index is -2.88. The maximum absolute atomic E-state index is 13.1. The monoisotopic (exact) mass is 415 g/mol. The van der Waals surface area contributed by atoms with Crippen LogP contribution >= 0.6 is 0 Å². The number of alkyl halides is 2. The first-order valence-corrected chi connectivity index (χ1v) is 9.14. The summed E-state index contributed by atoms with van der Waals surface area (Å²) in [6, 6.07) is 12.1. The number of aromatic nitrogens is 2. The molecule has 1 aromatic heterocycles. The van der Waals surface area contributed by atoms with Gasteiger partial charge in [0.25, 0.3) is 0 Å². The van der Waals surface area contributed by atoms with E-state index in [4.69, 9.17) is 0 Å². The van der Waals surface area contributed by atoms with Crippen molar-refractivity contribution >= 4 is 17.7 Å². The van der Waals surface area contributed by atoms with Crippen LogP contribution in [0.3, 0.4) is 0 Å². The van der Waals surface area contributed by atoms with Crippen molar-refractivity contribution in [3.05, 3.63) is 82.9 Å². The number of amides is 1. The Morgan fingerprint density at radius 2 is 1.80 bits per heavy atom. The number of nitrogens with one attached hydrogen (secondary N) is 1. The summed E-state index contributed by atoms with van der Waals surface area (Å²) in [5.41, 5.74) is 3.58. The second-order valence-corrected chi connectivity index (χ2v) is 6.60. The van der Waals surface area contributed by atoms with Crippen LogP contribution in [0.1, 0.15) is 22.5 Å². The first-order valence-electron chi connectivity index (χ1n) is 9.14. The highest BCUT2D eigenvalue weighted by Crippen LogP contribution is 2.21. The lowest BCUT2D eigenvalue weighted by atomic mass is 10.2. The molecule has 0 aliphatic carbocycles. The predicted octanol–water partition coefficient (Wildman–Crippen LogP) is 4.94. The second kappa shape index (κ2) is 9.30. The van der Waals surface area contributed by atoms with E-state index in [1.165, 1.54) is 30.3 Å². The molecule has 1 amide bonds. The molecule has 0 bridgehead atoms. The summed E-state index contributed by atoms with van der Waals surface area (Å²) in [7, 11) is 0. The van der Waals surface area contributed by atoms with Gasteiger partial charge in [0, 0.05) is 6.08 Å². The molecule has 8 heteroatoms. The number of hydrogen-bond donors (Lipinski definition) is 1. The fourth-order valence-corrected chi connectivity index (χ4v) is 2.89. The van der Waals surface area contributed by atoms with Gasteiger partial charge in [-0.15, -0.1) is 0 Å². The zero-order valence-electron chi connectivity index (χ0n) is 16.4. The van der Waals surface area contributed by atoms with Crippen molar-refractivity contribution in [3.8, 4) is 5.75 Å². The predicted molar refractivity (Wildman–Crippen MR) is 108 cm³/mol. The van der Waals surface area contributed by atoms with Gasteiger partial charge in [0.05, 0.1) is 23.6 Å². The van der Waals surface area contributed by atoms with Crippen LogP contribution in [0.2, 0.25) is 0 Å². The number of carbonyl (C=O) groups excluding carboxylic acids is 1. The molecular weight excluding hydrogens is 395 g/mol. The van der Waals surface area contributed by atoms with Crippen molar-refractivity contribution in [2.45, 2.75) is 27.0 Å². The van der Waals surface area contributed by atoms with Crippen LogP contribution in [0, 0.1) is 19.7 Å². The van der Waals surface area contributed by atoms with Crippen LogP contribution < -0.4 is 10.1 Å². The van der Waals surface area contributed by atoms with E-state index >= 15 is 0 Å². The van der Waals surface area contributed by atoms with Gasteiger partial charge < -0.3 is 10.1 Å².